The predicted molar refractivity (Wildman–Crippen MR) is 146 cm³/mol. The van der Waals surface area contributed by atoms with Crippen molar-refractivity contribution in [1.29, 1.82) is 0 Å². The summed E-state index contributed by atoms with van der Waals surface area (Å²) in [7, 11) is 0. The van der Waals surface area contributed by atoms with Crippen LogP contribution in [0.5, 0.6) is 0 Å². The van der Waals surface area contributed by atoms with E-state index >= 15 is 0 Å². The molecule has 0 unspecified atom stereocenters. The maximum absolute atomic E-state index is 13.5. The first-order valence-electron chi connectivity index (χ1n) is 13.6. The average molecular weight is 601 g/mol. The molecule has 3 heterocycles. The molecule has 0 aliphatic carbocycles. The third kappa shape index (κ3) is 10.3. The van der Waals surface area contributed by atoms with Gasteiger partial charge in [-0.3, -0.25) is 14.3 Å². The molecule has 0 atom stereocenters. The van der Waals surface area contributed by atoms with E-state index in [-0.39, 0.29) is 17.7 Å². The summed E-state index contributed by atoms with van der Waals surface area (Å²) in [6.45, 7) is 7.64. The van der Waals surface area contributed by atoms with E-state index in [2.05, 4.69) is 15.2 Å². The van der Waals surface area contributed by atoms with Crippen molar-refractivity contribution in [3.05, 3.63) is 41.7 Å². The van der Waals surface area contributed by atoms with Crippen LogP contribution in [0.3, 0.4) is 0 Å². The van der Waals surface area contributed by atoms with Crippen LogP contribution in [0.1, 0.15) is 39.0 Å². The Balaban J connectivity index is 0.000000587. The lowest BCUT2D eigenvalue weighted by molar-refractivity contribution is -0.192. The second kappa shape index (κ2) is 15.2. The number of carboxylic acid groups (broad SMARTS) is 1. The molecular weight excluding hydrogens is 565 g/mol. The lowest BCUT2D eigenvalue weighted by Gasteiger charge is -2.35. The van der Waals surface area contributed by atoms with E-state index < -0.39 is 12.1 Å². The molecule has 10 nitrogen and oxygen atoms in total. The summed E-state index contributed by atoms with van der Waals surface area (Å²) >= 11 is 6.25. The first kappa shape index (κ1) is 32.3. The standard InChI is InChI=1S/C25H35ClN6O2.C2HF3O2/c1-20(33)30-15-8-22(9-16-30)25(34)32(24-5-2-4-23(26)18-24)12-3-11-29-13-6-21(7-14-29)19-31-17-10-27-28-31;3-2(4,5)1(6)7/h2,4-5,10,17-18,21-22H,3,6-9,11-16,19H2,1H3;(H,6,7). The SMILES string of the molecule is CC(=O)N1CCC(C(=O)N(CCCN2CCC(Cn3ccnn3)CC2)c2cccc(Cl)c2)CC1.O=C(O)C(F)(F)F. The highest BCUT2D eigenvalue weighted by atomic mass is 35.5. The number of carbonyl (C=O) groups excluding carboxylic acids is 2. The van der Waals surface area contributed by atoms with Crippen molar-refractivity contribution in [1.82, 2.24) is 24.8 Å². The van der Waals surface area contributed by atoms with Crippen molar-refractivity contribution in [2.24, 2.45) is 11.8 Å². The molecule has 41 heavy (non-hydrogen) atoms. The van der Waals surface area contributed by atoms with E-state index in [4.69, 9.17) is 21.5 Å². The number of anilines is 1. The van der Waals surface area contributed by atoms with Gasteiger partial charge in [-0.05, 0) is 75.9 Å². The number of carboxylic acids is 1. The fourth-order valence-corrected chi connectivity index (χ4v) is 5.30. The van der Waals surface area contributed by atoms with Gasteiger partial charge in [0.2, 0.25) is 11.8 Å². The predicted octanol–water partition coefficient (Wildman–Crippen LogP) is 3.96. The van der Waals surface area contributed by atoms with Crippen LogP contribution >= 0.6 is 11.6 Å². The smallest absolute Gasteiger partial charge is 0.475 e. The van der Waals surface area contributed by atoms with Gasteiger partial charge in [-0.15, -0.1) is 5.10 Å². The number of piperidine rings is 2. The Bertz CT molecular complexity index is 1130. The van der Waals surface area contributed by atoms with Crippen LogP contribution in [0.2, 0.25) is 5.02 Å². The summed E-state index contributed by atoms with van der Waals surface area (Å²) in [5, 5.41) is 15.7. The van der Waals surface area contributed by atoms with Gasteiger partial charge >= 0.3 is 12.1 Å². The van der Waals surface area contributed by atoms with Gasteiger partial charge < -0.3 is 19.8 Å². The zero-order chi connectivity index (χ0) is 30.0. The van der Waals surface area contributed by atoms with E-state index in [1.165, 1.54) is 0 Å². The van der Waals surface area contributed by atoms with Crippen molar-refractivity contribution in [3.8, 4) is 0 Å². The molecule has 2 aromatic rings. The number of halogens is 4. The minimum absolute atomic E-state index is 0.0536. The molecule has 2 aliphatic rings. The quantitative estimate of drug-likeness (QED) is 0.488. The molecule has 226 valence electrons. The van der Waals surface area contributed by atoms with Gasteiger partial charge in [-0.1, -0.05) is 22.9 Å². The van der Waals surface area contributed by atoms with Gasteiger partial charge in [0.25, 0.3) is 0 Å². The Hall–Kier alpha value is -3.19. The molecule has 0 radical (unpaired) electrons. The van der Waals surface area contributed by atoms with Crippen LogP contribution in [0.4, 0.5) is 18.9 Å². The second-order valence-electron chi connectivity index (χ2n) is 10.3. The van der Waals surface area contributed by atoms with Gasteiger partial charge in [-0.25, -0.2) is 4.79 Å². The van der Waals surface area contributed by atoms with Gasteiger partial charge in [-0.2, -0.15) is 13.2 Å². The van der Waals surface area contributed by atoms with Crippen molar-refractivity contribution >= 4 is 35.1 Å². The summed E-state index contributed by atoms with van der Waals surface area (Å²) in [5.41, 5.74) is 0.859. The number of aromatic nitrogens is 3. The normalized spacial score (nSPS) is 17.0. The number of amides is 2. The van der Waals surface area contributed by atoms with E-state index in [0.717, 1.165) is 64.0 Å². The maximum atomic E-state index is 13.5. The van der Waals surface area contributed by atoms with Crippen LogP contribution in [0, 0.1) is 11.8 Å². The number of aliphatic carboxylic acids is 1. The Morgan fingerprint density at radius 2 is 1.76 bits per heavy atom. The summed E-state index contributed by atoms with van der Waals surface area (Å²) < 4.78 is 33.7. The van der Waals surface area contributed by atoms with Crippen LogP contribution in [-0.2, 0) is 20.9 Å². The molecule has 14 heteroatoms. The van der Waals surface area contributed by atoms with Gasteiger partial charge in [0.05, 0.1) is 6.20 Å². The summed E-state index contributed by atoms with van der Waals surface area (Å²) in [4.78, 5) is 40.3. The maximum Gasteiger partial charge on any atom is 0.490 e. The number of benzene rings is 1. The molecule has 1 N–H and O–H groups in total. The van der Waals surface area contributed by atoms with E-state index in [0.29, 0.717) is 30.6 Å². The monoisotopic (exact) mass is 600 g/mol. The van der Waals surface area contributed by atoms with Crippen LogP contribution in [0.15, 0.2) is 36.7 Å². The third-order valence-electron chi connectivity index (χ3n) is 7.40. The van der Waals surface area contributed by atoms with E-state index in [9.17, 15) is 22.8 Å². The minimum atomic E-state index is -5.08. The summed E-state index contributed by atoms with van der Waals surface area (Å²) in [6.07, 6.45) is 3.24. The molecular formula is C27H36ClF3N6O4. The highest BCUT2D eigenvalue weighted by molar-refractivity contribution is 6.30. The minimum Gasteiger partial charge on any atom is -0.475 e. The number of hydrogen-bond acceptors (Lipinski definition) is 6. The number of carbonyl (C=O) groups is 3. The average Bonchev–Trinajstić information content (AvgIpc) is 3.45. The zero-order valence-corrected chi connectivity index (χ0v) is 23.7. The van der Waals surface area contributed by atoms with Gasteiger partial charge in [0.1, 0.15) is 0 Å². The zero-order valence-electron chi connectivity index (χ0n) is 23.0. The van der Waals surface area contributed by atoms with Crippen LogP contribution in [0.25, 0.3) is 0 Å². The lowest BCUT2D eigenvalue weighted by atomic mass is 9.94. The molecule has 2 saturated heterocycles. The summed E-state index contributed by atoms with van der Waals surface area (Å²) in [5.74, 6) is -1.93. The van der Waals surface area contributed by atoms with Crippen molar-refractivity contribution in [3.63, 3.8) is 0 Å². The molecule has 2 amide bonds. The topological polar surface area (TPSA) is 112 Å². The highest BCUT2D eigenvalue weighted by Crippen LogP contribution is 2.26. The lowest BCUT2D eigenvalue weighted by Crippen LogP contribution is -2.45. The number of alkyl halides is 3. The second-order valence-corrected chi connectivity index (χ2v) is 10.8. The molecule has 2 aliphatic heterocycles. The molecule has 2 fully saturated rings. The van der Waals surface area contributed by atoms with E-state index in [1.54, 1.807) is 13.1 Å². The third-order valence-corrected chi connectivity index (χ3v) is 7.63. The Labute approximate surface area is 242 Å². The molecule has 0 saturated carbocycles. The largest absolute Gasteiger partial charge is 0.490 e. The first-order chi connectivity index (χ1) is 19.4. The van der Waals surface area contributed by atoms with Crippen LogP contribution in [-0.4, -0.2) is 93.1 Å². The molecule has 1 aromatic heterocycles. The van der Waals surface area contributed by atoms with Crippen LogP contribution < -0.4 is 4.90 Å². The Kier molecular flexibility index (Phi) is 11.9. The van der Waals surface area contributed by atoms with E-state index in [1.807, 2.05) is 44.9 Å². The van der Waals surface area contributed by atoms with Gasteiger partial charge in [0.15, 0.2) is 0 Å². The number of hydrogen-bond donors (Lipinski definition) is 1. The molecule has 1 aromatic carbocycles. The molecule has 0 bridgehead atoms. The van der Waals surface area contributed by atoms with Crippen molar-refractivity contribution in [2.45, 2.75) is 51.7 Å². The summed E-state index contributed by atoms with van der Waals surface area (Å²) in [6, 6.07) is 7.57. The van der Waals surface area contributed by atoms with Crippen molar-refractivity contribution in [2.75, 3.05) is 44.2 Å². The number of nitrogens with zero attached hydrogens (tertiary/aromatic N) is 6. The fourth-order valence-electron chi connectivity index (χ4n) is 5.11. The Morgan fingerprint density at radius 3 is 2.29 bits per heavy atom. The first-order valence-corrected chi connectivity index (χ1v) is 14.0. The molecule has 4 rings (SSSR count). The Morgan fingerprint density at radius 1 is 1.10 bits per heavy atom. The fraction of sp³-hybridized carbons (Fsp3) is 0.593. The molecule has 0 spiro atoms. The van der Waals surface area contributed by atoms with Gasteiger partial charge in [0, 0.05) is 55.9 Å². The van der Waals surface area contributed by atoms with Crippen molar-refractivity contribution < 1.29 is 32.7 Å². The highest BCUT2D eigenvalue weighted by Gasteiger charge is 2.38. The number of rotatable bonds is 8. The number of likely N-dealkylation sites (tertiary alicyclic amines) is 2.